The molecule has 1 aromatic rings. The Morgan fingerprint density at radius 1 is 1.28 bits per heavy atom. The smallest absolute Gasteiger partial charge is 0.274 e. The van der Waals surface area contributed by atoms with Gasteiger partial charge in [0.1, 0.15) is 11.4 Å². The SMILES string of the molecule is COc1ccc(C(=O)C=C2NC(=S)NC2=O)cc1. The van der Waals surface area contributed by atoms with Crippen LogP contribution >= 0.6 is 12.2 Å². The zero-order chi connectivity index (χ0) is 13.1. The van der Waals surface area contributed by atoms with Crippen molar-refractivity contribution in [1.29, 1.82) is 0 Å². The van der Waals surface area contributed by atoms with Gasteiger partial charge in [-0.05, 0) is 36.5 Å². The number of ketones is 1. The van der Waals surface area contributed by atoms with Crippen LogP contribution in [0.1, 0.15) is 10.4 Å². The van der Waals surface area contributed by atoms with Gasteiger partial charge < -0.3 is 10.1 Å². The molecule has 1 amide bonds. The minimum Gasteiger partial charge on any atom is -0.497 e. The Bertz CT molecular complexity index is 549. The first kappa shape index (κ1) is 12.3. The summed E-state index contributed by atoms with van der Waals surface area (Å²) in [6.07, 6.45) is 1.22. The molecule has 0 bridgehead atoms. The largest absolute Gasteiger partial charge is 0.497 e. The number of nitrogens with one attached hydrogen (secondary N) is 2. The van der Waals surface area contributed by atoms with E-state index >= 15 is 0 Å². The average Bonchev–Trinajstić information content (AvgIpc) is 2.68. The van der Waals surface area contributed by atoms with Crippen LogP contribution in [-0.2, 0) is 4.79 Å². The van der Waals surface area contributed by atoms with E-state index in [-0.39, 0.29) is 16.6 Å². The normalized spacial score (nSPS) is 16.4. The van der Waals surface area contributed by atoms with Crippen molar-refractivity contribution >= 4 is 29.0 Å². The van der Waals surface area contributed by atoms with Crippen LogP contribution in [0.25, 0.3) is 0 Å². The molecule has 1 heterocycles. The summed E-state index contributed by atoms with van der Waals surface area (Å²) in [5.74, 6) is -0.0148. The topological polar surface area (TPSA) is 67.4 Å². The molecule has 18 heavy (non-hydrogen) atoms. The Morgan fingerprint density at radius 3 is 2.44 bits per heavy atom. The molecule has 5 nitrogen and oxygen atoms in total. The standard InChI is InChI=1S/C12H10N2O3S/c1-17-8-4-2-7(3-5-8)10(15)6-9-11(16)14-12(18)13-9/h2-6H,1H3,(H2,13,14,16,18). The summed E-state index contributed by atoms with van der Waals surface area (Å²) in [6.45, 7) is 0. The molecule has 1 aromatic carbocycles. The second-order valence-corrected chi connectivity index (χ2v) is 3.97. The molecule has 1 aliphatic rings. The van der Waals surface area contributed by atoms with Gasteiger partial charge in [0.25, 0.3) is 5.91 Å². The molecule has 0 atom stereocenters. The fourth-order valence-corrected chi connectivity index (χ4v) is 1.65. The molecule has 1 fully saturated rings. The molecule has 92 valence electrons. The van der Waals surface area contributed by atoms with E-state index < -0.39 is 5.91 Å². The lowest BCUT2D eigenvalue weighted by Gasteiger charge is -2.00. The summed E-state index contributed by atoms with van der Waals surface area (Å²) < 4.78 is 4.99. The number of benzene rings is 1. The van der Waals surface area contributed by atoms with Crippen LogP contribution in [0.3, 0.4) is 0 Å². The van der Waals surface area contributed by atoms with Gasteiger partial charge in [0.05, 0.1) is 7.11 Å². The van der Waals surface area contributed by atoms with Crippen molar-refractivity contribution < 1.29 is 14.3 Å². The monoisotopic (exact) mass is 262 g/mol. The maximum Gasteiger partial charge on any atom is 0.274 e. The minimum atomic E-state index is -0.401. The summed E-state index contributed by atoms with van der Waals surface area (Å²) in [7, 11) is 1.55. The van der Waals surface area contributed by atoms with Crippen molar-refractivity contribution in [3.8, 4) is 5.75 Å². The van der Waals surface area contributed by atoms with E-state index in [4.69, 9.17) is 17.0 Å². The van der Waals surface area contributed by atoms with Crippen molar-refractivity contribution in [1.82, 2.24) is 10.6 Å². The van der Waals surface area contributed by atoms with Crippen LogP contribution in [0, 0.1) is 0 Å². The number of ether oxygens (including phenoxy) is 1. The summed E-state index contributed by atoms with van der Waals surface area (Å²) in [6, 6.07) is 6.61. The van der Waals surface area contributed by atoms with Gasteiger partial charge in [-0.25, -0.2) is 0 Å². The van der Waals surface area contributed by atoms with Gasteiger partial charge >= 0.3 is 0 Å². The van der Waals surface area contributed by atoms with Gasteiger partial charge in [0.2, 0.25) is 0 Å². The van der Waals surface area contributed by atoms with E-state index in [1.165, 1.54) is 6.08 Å². The Morgan fingerprint density at radius 2 is 1.94 bits per heavy atom. The summed E-state index contributed by atoms with van der Waals surface area (Å²) in [4.78, 5) is 23.2. The molecule has 2 rings (SSSR count). The molecule has 1 aliphatic heterocycles. The minimum absolute atomic E-state index is 0.154. The Labute approximate surface area is 109 Å². The van der Waals surface area contributed by atoms with Gasteiger partial charge in [-0.2, -0.15) is 0 Å². The quantitative estimate of drug-likeness (QED) is 0.478. The molecule has 6 heteroatoms. The van der Waals surface area contributed by atoms with E-state index in [1.54, 1.807) is 31.4 Å². The van der Waals surface area contributed by atoms with Gasteiger partial charge in [-0.3, -0.25) is 14.9 Å². The van der Waals surface area contributed by atoms with E-state index in [1.807, 2.05) is 0 Å². The molecule has 0 spiro atoms. The Balaban J connectivity index is 2.19. The maximum absolute atomic E-state index is 11.9. The van der Waals surface area contributed by atoms with Gasteiger partial charge in [0, 0.05) is 11.6 Å². The third-order valence-corrected chi connectivity index (χ3v) is 2.57. The van der Waals surface area contributed by atoms with Gasteiger partial charge in [0.15, 0.2) is 10.9 Å². The molecular formula is C12H10N2O3S. The molecule has 1 saturated heterocycles. The number of hydrogen-bond donors (Lipinski definition) is 2. The fourth-order valence-electron chi connectivity index (χ4n) is 1.45. The molecule has 0 saturated carbocycles. The lowest BCUT2D eigenvalue weighted by Crippen LogP contribution is -2.21. The van der Waals surface area contributed by atoms with E-state index in [2.05, 4.69) is 10.6 Å². The number of thiocarbonyl (C=S) groups is 1. The third-order valence-electron chi connectivity index (χ3n) is 2.37. The van der Waals surface area contributed by atoms with E-state index in [0.717, 1.165) is 0 Å². The fraction of sp³-hybridized carbons (Fsp3) is 0.0833. The van der Waals surface area contributed by atoms with Crippen LogP contribution in [-0.4, -0.2) is 23.9 Å². The molecule has 0 aliphatic carbocycles. The van der Waals surface area contributed by atoms with Crippen LogP contribution in [0.5, 0.6) is 5.75 Å². The number of methoxy groups -OCH3 is 1. The lowest BCUT2D eigenvalue weighted by molar-refractivity contribution is -0.115. The highest BCUT2D eigenvalue weighted by Crippen LogP contribution is 2.12. The molecule has 0 unspecified atom stereocenters. The van der Waals surface area contributed by atoms with Crippen molar-refractivity contribution in [2.24, 2.45) is 0 Å². The average molecular weight is 262 g/mol. The van der Waals surface area contributed by atoms with Crippen molar-refractivity contribution in [3.63, 3.8) is 0 Å². The van der Waals surface area contributed by atoms with Crippen LogP contribution in [0.4, 0.5) is 0 Å². The zero-order valence-corrected chi connectivity index (χ0v) is 10.3. The molecule has 0 aromatic heterocycles. The zero-order valence-electron chi connectivity index (χ0n) is 9.52. The van der Waals surface area contributed by atoms with Crippen LogP contribution in [0.2, 0.25) is 0 Å². The predicted molar refractivity (Wildman–Crippen MR) is 69.3 cm³/mol. The first-order valence-electron chi connectivity index (χ1n) is 5.12. The van der Waals surface area contributed by atoms with Crippen molar-refractivity contribution in [3.05, 3.63) is 41.6 Å². The van der Waals surface area contributed by atoms with E-state index in [9.17, 15) is 9.59 Å². The highest BCUT2D eigenvalue weighted by atomic mass is 32.1. The molecule has 2 N–H and O–H groups in total. The van der Waals surface area contributed by atoms with Crippen LogP contribution in [0.15, 0.2) is 36.0 Å². The highest BCUT2D eigenvalue weighted by Gasteiger charge is 2.21. The number of rotatable bonds is 3. The second-order valence-electron chi connectivity index (χ2n) is 3.56. The lowest BCUT2D eigenvalue weighted by atomic mass is 10.1. The summed E-state index contributed by atoms with van der Waals surface area (Å²) in [5.41, 5.74) is 0.622. The Hall–Kier alpha value is -2.21. The van der Waals surface area contributed by atoms with E-state index in [0.29, 0.717) is 11.3 Å². The highest BCUT2D eigenvalue weighted by molar-refractivity contribution is 7.80. The molecular weight excluding hydrogens is 252 g/mol. The number of hydrogen-bond acceptors (Lipinski definition) is 4. The molecule has 0 radical (unpaired) electrons. The third kappa shape index (κ3) is 2.54. The maximum atomic E-state index is 11.9. The number of carbonyl (C=O) groups excluding carboxylic acids is 2. The van der Waals surface area contributed by atoms with Crippen molar-refractivity contribution in [2.45, 2.75) is 0 Å². The van der Waals surface area contributed by atoms with Gasteiger partial charge in [-0.1, -0.05) is 0 Å². The summed E-state index contributed by atoms with van der Waals surface area (Å²) in [5, 5.41) is 5.20. The van der Waals surface area contributed by atoms with Gasteiger partial charge in [-0.15, -0.1) is 0 Å². The number of allylic oxidation sites excluding steroid dienone is 1. The number of amides is 1. The van der Waals surface area contributed by atoms with Crippen molar-refractivity contribution in [2.75, 3.05) is 7.11 Å². The first-order valence-corrected chi connectivity index (χ1v) is 5.53. The first-order chi connectivity index (χ1) is 8.60. The predicted octanol–water partition coefficient (Wildman–Crippen LogP) is 0.766. The number of carbonyl (C=O) groups is 2. The Kier molecular flexibility index (Phi) is 3.38. The summed E-state index contributed by atoms with van der Waals surface area (Å²) >= 11 is 4.76. The second kappa shape index (κ2) is 4.97. The van der Waals surface area contributed by atoms with Crippen LogP contribution < -0.4 is 15.4 Å².